The number of amides is 1. The number of nitrogens with one attached hydrogen (secondary N) is 1. The molecule has 0 radical (unpaired) electrons. The molecule has 2 rings (SSSR count). The third-order valence-electron chi connectivity index (χ3n) is 2.54. The molecule has 1 atom stereocenters. The monoisotopic (exact) mass is 216 g/mol. The van der Waals surface area contributed by atoms with Gasteiger partial charge in [-0.3, -0.25) is 4.79 Å². The van der Waals surface area contributed by atoms with Crippen LogP contribution in [0, 0.1) is 17.2 Å². The SMILES string of the molecule is CCOc1ccc2c(c1)CC(C#N)C(=O)N2. The molecule has 0 aromatic heterocycles. The molecule has 82 valence electrons. The van der Waals surface area contributed by atoms with Crippen LogP contribution in [0.15, 0.2) is 18.2 Å². The van der Waals surface area contributed by atoms with Crippen LogP contribution in [0.2, 0.25) is 0 Å². The van der Waals surface area contributed by atoms with Gasteiger partial charge in [0, 0.05) is 5.69 Å². The minimum Gasteiger partial charge on any atom is -0.494 e. The molecule has 1 N–H and O–H groups in total. The molecule has 1 unspecified atom stereocenters. The van der Waals surface area contributed by atoms with Gasteiger partial charge in [0.1, 0.15) is 11.7 Å². The van der Waals surface area contributed by atoms with Crippen molar-refractivity contribution in [2.24, 2.45) is 5.92 Å². The van der Waals surface area contributed by atoms with E-state index in [4.69, 9.17) is 10.00 Å². The van der Waals surface area contributed by atoms with Gasteiger partial charge in [0.2, 0.25) is 5.91 Å². The Morgan fingerprint density at radius 1 is 1.62 bits per heavy atom. The summed E-state index contributed by atoms with van der Waals surface area (Å²) in [5, 5.41) is 11.5. The van der Waals surface area contributed by atoms with Crippen LogP contribution in [0.4, 0.5) is 5.69 Å². The van der Waals surface area contributed by atoms with Gasteiger partial charge in [0.25, 0.3) is 0 Å². The van der Waals surface area contributed by atoms with E-state index in [9.17, 15) is 4.79 Å². The zero-order chi connectivity index (χ0) is 11.5. The Kier molecular flexibility index (Phi) is 2.78. The van der Waals surface area contributed by atoms with Gasteiger partial charge in [-0.25, -0.2) is 0 Å². The number of fused-ring (bicyclic) bond motifs is 1. The van der Waals surface area contributed by atoms with Crippen LogP contribution < -0.4 is 10.1 Å². The van der Waals surface area contributed by atoms with Crippen molar-refractivity contribution >= 4 is 11.6 Å². The molecule has 1 heterocycles. The van der Waals surface area contributed by atoms with E-state index in [1.165, 1.54) is 0 Å². The molecule has 0 spiro atoms. The molecule has 1 aromatic carbocycles. The Morgan fingerprint density at radius 3 is 3.12 bits per heavy atom. The maximum Gasteiger partial charge on any atom is 0.242 e. The molecule has 1 aromatic rings. The molecular formula is C12H12N2O2. The van der Waals surface area contributed by atoms with Gasteiger partial charge >= 0.3 is 0 Å². The number of nitrogens with zero attached hydrogens (tertiary/aromatic N) is 1. The van der Waals surface area contributed by atoms with Crippen LogP contribution >= 0.6 is 0 Å². The van der Waals surface area contributed by atoms with Crippen molar-refractivity contribution < 1.29 is 9.53 Å². The average Bonchev–Trinajstić information content (AvgIpc) is 2.29. The maximum atomic E-state index is 11.4. The van der Waals surface area contributed by atoms with Crippen LogP contribution in [-0.4, -0.2) is 12.5 Å². The van der Waals surface area contributed by atoms with Crippen molar-refractivity contribution in [2.75, 3.05) is 11.9 Å². The molecule has 0 fully saturated rings. The number of ether oxygens (including phenoxy) is 1. The third-order valence-corrected chi connectivity index (χ3v) is 2.54. The smallest absolute Gasteiger partial charge is 0.242 e. The van der Waals surface area contributed by atoms with Crippen molar-refractivity contribution in [3.8, 4) is 11.8 Å². The molecule has 1 aliphatic heterocycles. The summed E-state index contributed by atoms with van der Waals surface area (Å²) in [6.45, 7) is 2.52. The fourth-order valence-electron chi connectivity index (χ4n) is 1.75. The largest absolute Gasteiger partial charge is 0.494 e. The standard InChI is InChI=1S/C12H12N2O2/c1-2-16-10-3-4-11-8(6-10)5-9(7-13)12(15)14-11/h3-4,6,9H,2,5H2,1H3,(H,14,15). The molecule has 0 bridgehead atoms. The predicted molar refractivity (Wildman–Crippen MR) is 59.0 cm³/mol. The summed E-state index contributed by atoms with van der Waals surface area (Å²) in [5.41, 5.74) is 1.73. The fraction of sp³-hybridized carbons (Fsp3) is 0.333. The summed E-state index contributed by atoms with van der Waals surface area (Å²) >= 11 is 0. The summed E-state index contributed by atoms with van der Waals surface area (Å²) in [6, 6.07) is 7.50. The molecular weight excluding hydrogens is 204 g/mol. The van der Waals surface area contributed by atoms with Gasteiger partial charge in [-0.1, -0.05) is 0 Å². The van der Waals surface area contributed by atoms with E-state index in [0.29, 0.717) is 13.0 Å². The van der Waals surface area contributed by atoms with Crippen molar-refractivity contribution in [2.45, 2.75) is 13.3 Å². The van der Waals surface area contributed by atoms with Crippen LogP contribution in [0.25, 0.3) is 0 Å². The summed E-state index contributed by atoms with van der Waals surface area (Å²) in [5.74, 6) is -0.0439. The first-order valence-electron chi connectivity index (χ1n) is 5.20. The number of carbonyl (C=O) groups excluding carboxylic acids is 1. The van der Waals surface area contributed by atoms with Crippen molar-refractivity contribution in [1.29, 1.82) is 5.26 Å². The van der Waals surface area contributed by atoms with Gasteiger partial charge in [-0.05, 0) is 37.1 Å². The third kappa shape index (κ3) is 1.84. The van der Waals surface area contributed by atoms with E-state index in [1.807, 2.05) is 31.2 Å². The summed E-state index contributed by atoms with van der Waals surface area (Å²) in [6.07, 6.45) is 0.457. The predicted octanol–water partition coefficient (Wildman–Crippen LogP) is 1.72. The molecule has 0 aliphatic carbocycles. The van der Waals surface area contributed by atoms with Gasteiger partial charge in [0.15, 0.2) is 0 Å². The lowest BCUT2D eigenvalue weighted by molar-refractivity contribution is -0.118. The lowest BCUT2D eigenvalue weighted by atomic mass is 9.94. The minimum absolute atomic E-state index is 0.223. The number of hydrogen-bond donors (Lipinski definition) is 1. The Hall–Kier alpha value is -2.02. The average molecular weight is 216 g/mol. The van der Waals surface area contributed by atoms with E-state index in [-0.39, 0.29) is 5.91 Å². The Bertz CT molecular complexity index is 463. The zero-order valence-corrected chi connectivity index (χ0v) is 8.99. The molecule has 4 nitrogen and oxygen atoms in total. The Labute approximate surface area is 93.8 Å². The normalized spacial score (nSPS) is 18.2. The minimum atomic E-state index is -0.593. The highest BCUT2D eigenvalue weighted by Gasteiger charge is 2.25. The first-order valence-corrected chi connectivity index (χ1v) is 5.20. The van der Waals surface area contributed by atoms with Crippen LogP contribution in [0.5, 0.6) is 5.75 Å². The highest BCUT2D eigenvalue weighted by Crippen LogP contribution is 2.28. The van der Waals surface area contributed by atoms with Crippen LogP contribution in [-0.2, 0) is 11.2 Å². The first-order chi connectivity index (χ1) is 7.74. The van der Waals surface area contributed by atoms with E-state index >= 15 is 0 Å². The second kappa shape index (κ2) is 4.23. The maximum absolute atomic E-state index is 11.4. The summed E-state index contributed by atoms with van der Waals surface area (Å²) < 4.78 is 5.37. The second-order valence-electron chi connectivity index (χ2n) is 3.63. The molecule has 16 heavy (non-hydrogen) atoms. The molecule has 4 heteroatoms. The van der Waals surface area contributed by atoms with Gasteiger partial charge in [-0.2, -0.15) is 5.26 Å². The molecule has 1 aliphatic rings. The van der Waals surface area contributed by atoms with Gasteiger partial charge < -0.3 is 10.1 Å². The van der Waals surface area contributed by atoms with E-state index in [0.717, 1.165) is 17.0 Å². The van der Waals surface area contributed by atoms with Gasteiger partial charge in [0.05, 0.1) is 12.7 Å². The van der Waals surface area contributed by atoms with E-state index < -0.39 is 5.92 Å². The highest BCUT2D eigenvalue weighted by atomic mass is 16.5. The lowest BCUT2D eigenvalue weighted by Gasteiger charge is -2.20. The highest BCUT2D eigenvalue weighted by molar-refractivity contribution is 5.97. The quantitative estimate of drug-likeness (QED) is 0.818. The second-order valence-corrected chi connectivity index (χ2v) is 3.63. The number of rotatable bonds is 2. The van der Waals surface area contributed by atoms with E-state index in [1.54, 1.807) is 0 Å². The van der Waals surface area contributed by atoms with Gasteiger partial charge in [-0.15, -0.1) is 0 Å². The number of anilines is 1. The Morgan fingerprint density at radius 2 is 2.44 bits per heavy atom. The van der Waals surface area contributed by atoms with Crippen molar-refractivity contribution in [3.63, 3.8) is 0 Å². The van der Waals surface area contributed by atoms with E-state index in [2.05, 4.69) is 5.32 Å². The van der Waals surface area contributed by atoms with Crippen molar-refractivity contribution in [3.05, 3.63) is 23.8 Å². The Balaban J connectivity index is 2.30. The topological polar surface area (TPSA) is 62.1 Å². The summed E-state index contributed by atoms with van der Waals surface area (Å²) in [4.78, 5) is 11.4. The molecule has 0 saturated carbocycles. The number of carbonyl (C=O) groups is 1. The fourth-order valence-corrected chi connectivity index (χ4v) is 1.75. The molecule has 0 saturated heterocycles. The first kappa shape index (κ1) is 10.5. The number of nitriles is 1. The molecule has 1 amide bonds. The zero-order valence-electron chi connectivity index (χ0n) is 8.99. The number of benzene rings is 1. The van der Waals surface area contributed by atoms with Crippen LogP contribution in [0.1, 0.15) is 12.5 Å². The van der Waals surface area contributed by atoms with Crippen molar-refractivity contribution in [1.82, 2.24) is 0 Å². The summed E-state index contributed by atoms with van der Waals surface area (Å²) in [7, 11) is 0. The van der Waals surface area contributed by atoms with Crippen LogP contribution in [0.3, 0.4) is 0 Å². The lowest BCUT2D eigenvalue weighted by Crippen LogP contribution is -2.28. The number of hydrogen-bond acceptors (Lipinski definition) is 3.